The predicted octanol–water partition coefficient (Wildman–Crippen LogP) is 7.59. The summed E-state index contributed by atoms with van der Waals surface area (Å²) in [7, 11) is 1.76. The molecular weight excluding hydrogens is 983 g/mol. The summed E-state index contributed by atoms with van der Waals surface area (Å²) in [5.74, 6) is -0.334. The number of rotatable bonds is 13. The molecule has 408 valence electrons. The molecule has 1 unspecified atom stereocenters. The van der Waals surface area contributed by atoms with E-state index in [-0.39, 0.29) is 52.0 Å². The number of aromatic nitrogens is 5. The van der Waals surface area contributed by atoms with Crippen molar-refractivity contribution in [2.75, 3.05) is 77.0 Å². The lowest BCUT2D eigenvalue weighted by Crippen LogP contribution is -2.52. The zero-order chi connectivity index (χ0) is 53.3. The van der Waals surface area contributed by atoms with Gasteiger partial charge in [0.2, 0.25) is 11.8 Å². The number of imide groups is 1. The third kappa shape index (κ3) is 10.2. The first-order chi connectivity index (χ1) is 37.1. The third-order valence-corrected chi connectivity index (χ3v) is 18.4. The van der Waals surface area contributed by atoms with E-state index in [4.69, 9.17) is 14.7 Å². The SMILES string of the molecule is CCc1c(F)ccc2cc(O)cc(-c3ncc4c(N5CCC[C@@](C)(O)C5)nc(OCC5(CN6CCN(C7CCC(CN8CCC(c9ccc%10c(c9)n(C)c(=O)n%10C9CCC(=O)NC9=O)CC8)CC7)CC6)CC5)nc4c3F)c12. The van der Waals surface area contributed by atoms with Gasteiger partial charge in [-0.1, -0.05) is 19.1 Å². The second kappa shape index (κ2) is 20.6. The van der Waals surface area contributed by atoms with Gasteiger partial charge in [-0.15, -0.1) is 0 Å². The van der Waals surface area contributed by atoms with Gasteiger partial charge in [-0.05, 0) is 161 Å². The highest BCUT2D eigenvalue weighted by Crippen LogP contribution is 2.47. The highest BCUT2D eigenvalue weighted by atomic mass is 19.1. The number of nitrogens with one attached hydrogen (secondary N) is 1. The van der Waals surface area contributed by atoms with Gasteiger partial charge in [0, 0.05) is 89.0 Å². The summed E-state index contributed by atoms with van der Waals surface area (Å²) in [6.45, 7) is 13.3. The number of aryl methyl sites for hydroxylation is 2. The number of hydrogen-bond donors (Lipinski definition) is 3. The highest BCUT2D eigenvalue weighted by molar-refractivity contribution is 6.02. The van der Waals surface area contributed by atoms with Crippen LogP contribution >= 0.6 is 0 Å². The minimum Gasteiger partial charge on any atom is -0.508 e. The maximum atomic E-state index is 17.2. The largest absolute Gasteiger partial charge is 0.508 e. The molecule has 2 saturated carbocycles. The number of pyridine rings is 1. The van der Waals surface area contributed by atoms with E-state index in [1.807, 2.05) is 17.9 Å². The lowest BCUT2D eigenvalue weighted by atomic mass is 9.83. The lowest BCUT2D eigenvalue weighted by Gasteiger charge is -2.43. The van der Waals surface area contributed by atoms with Crippen molar-refractivity contribution in [2.24, 2.45) is 18.4 Å². The molecule has 0 radical (unpaired) electrons. The number of halogens is 2. The van der Waals surface area contributed by atoms with Crippen LogP contribution in [0.1, 0.15) is 114 Å². The van der Waals surface area contributed by atoms with Crippen molar-refractivity contribution in [3.63, 3.8) is 0 Å². The zero-order valence-corrected chi connectivity index (χ0v) is 44.7. The number of hydrogen-bond acceptors (Lipinski definition) is 13. The number of benzene rings is 3. The van der Waals surface area contributed by atoms with Crippen LogP contribution in [0.4, 0.5) is 14.6 Å². The van der Waals surface area contributed by atoms with Crippen LogP contribution in [0.2, 0.25) is 0 Å². The fourth-order valence-electron chi connectivity index (χ4n) is 13.8. The Bertz CT molecular complexity index is 3310. The summed E-state index contributed by atoms with van der Waals surface area (Å²) < 4.78 is 42.1. The molecule has 18 heteroatoms. The molecule has 6 aromatic rings. The number of carbonyl (C=O) groups excluding carboxylic acids is 2. The van der Waals surface area contributed by atoms with Crippen LogP contribution in [0, 0.1) is 23.0 Å². The molecule has 2 atom stereocenters. The molecule has 0 bridgehead atoms. The summed E-state index contributed by atoms with van der Waals surface area (Å²) in [6, 6.07) is 12.2. The maximum absolute atomic E-state index is 17.2. The first kappa shape index (κ1) is 51.7. The fraction of sp³-hybridized carbons (Fsp3) is 0.559. The van der Waals surface area contributed by atoms with Crippen LogP contribution in [-0.4, -0.2) is 145 Å². The van der Waals surface area contributed by atoms with Crippen molar-refractivity contribution in [1.82, 2.24) is 44.1 Å². The highest BCUT2D eigenvalue weighted by Gasteiger charge is 2.46. The second-order valence-corrected chi connectivity index (χ2v) is 23.8. The summed E-state index contributed by atoms with van der Waals surface area (Å²) in [4.78, 5) is 61.9. The topological polar surface area (TPSA) is 174 Å². The molecule has 0 spiro atoms. The van der Waals surface area contributed by atoms with Gasteiger partial charge in [-0.2, -0.15) is 9.97 Å². The number of imidazole rings is 1. The molecule has 3 N–H and O–H groups in total. The molecule has 12 rings (SSSR count). The molecule has 7 heterocycles. The Labute approximate surface area is 447 Å². The number of aromatic hydroxyl groups is 1. The first-order valence-electron chi connectivity index (χ1n) is 28.3. The van der Waals surface area contributed by atoms with E-state index in [1.165, 1.54) is 43.4 Å². The van der Waals surface area contributed by atoms with E-state index in [0.29, 0.717) is 84.4 Å². The Morgan fingerprint density at radius 3 is 2.36 bits per heavy atom. The van der Waals surface area contributed by atoms with Crippen molar-refractivity contribution >= 4 is 50.3 Å². The molecule has 2 amide bonds. The Morgan fingerprint density at radius 1 is 0.857 bits per heavy atom. The quantitative estimate of drug-likeness (QED) is 0.0967. The van der Waals surface area contributed by atoms with E-state index in [0.717, 1.165) is 95.5 Å². The van der Waals surface area contributed by atoms with Crippen LogP contribution in [0.5, 0.6) is 11.8 Å². The molecule has 3 aromatic heterocycles. The van der Waals surface area contributed by atoms with Gasteiger partial charge < -0.3 is 29.6 Å². The normalized spacial score (nSPS) is 25.0. The van der Waals surface area contributed by atoms with Crippen molar-refractivity contribution in [2.45, 2.75) is 121 Å². The van der Waals surface area contributed by atoms with Crippen LogP contribution in [0.15, 0.2) is 53.5 Å². The number of fused-ring (bicyclic) bond motifs is 3. The van der Waals surface area contributed by atoms with Crippen molar-refractivity contribution < 1.29 is 33.3 Å². The molecule has 6 aliphatic rings. The van der Waals surface area contributed by atoms with Crippen LogP contribution < -0.4 is 20.6 Å². The van der Waals surface area contributed by atoms with Gasteiger partial charge in [0.15, 0.2) is 5.82 Å². The van der Waals surface area contributed by atoms with Gasteiger partial charge in [-0.25, -0.2) is 13.6 Å². The Morgan fingerprint density at radius 2 is 1.64 bits per heavy atom. The number of nitrogens with zero attached hydrogens (tertiary/aromatic N) is 9. The average Bonchev–Trinajstić information content (AvgIpc) is 4.18. The number of piperazine rings is 1. The molecule has 4 aliphatic heterocycles. The number of aliphatic hydroxyl groups is 1. The minimum atomic E-state index is -0.962. The van der Waals surface area contributed by atoms with Gasteiger partial charge in [0.05, 0.1) is 28.6 Å². The molecular formula is C59H72F2N10O6. The number of phenols is 1. The Kier molecular flexibility index (Phi) is 13.8. The van der Waals surface area contributed by atoms with Crippen molar-refractivity contribution in [1.29, 1.82) is 0 Å². The van der Waals surface area contributed by atoms with Crippen LogP contribution in [0.25, 0.3) is 44.0 Å². The number of anilines is 1. The summed E-state index contributed by atoms with van der Waals surface area (Å²) in [5, 5.41) is 25.7. The van der Waals surface area contributed by atoms with Gasteiger partial charge in [-0.3, -0.25) is 33.9 Å². The summed E-state index contributed by atoms with van der Waals surface area (Å²) >= 11 is 0. The lowest BCUT2D eigenvalue weighted by molar-refractivity contribution is -0.135. The van der Waals surface area contributed by atoms with E-state index in [2.05, 4.69) is 37.1 Å². The number of β-amino-alcohol motifs (C(OH)–C–C–N with tert-alkyl or cyclic N) is 1. The molecule has 3 aromatic carbocycles. The standard InChI is InChI=1S/C59H72F2N10O6/c1-4-42-45(60)12-8-39-28-41(72)30-43(50(39)42)52-51(61)53-44(31-62-52)54(70-21-5-18-58(2,76)33-70)65-56(64-53)77-35-59(19-20-59)34-68-24-26-69(27-25-68)40-10-6-36(7-11-40)32-67-22-16-37(17-23-67)38-9-13-46-48(29-38)66(3)57(75)71(46)47-14-15-49(73)63-55(47)74/h8-9,12-13,28-31,36-37,40,47,72,76H,4-7,10-11,14-27,32-35H2,1-3H3,(H,63,73,74)/t36?,40?,47?,58-/m1/s1. The molecule has 4 saturated heterocycles. The number of ether oxygens (including phenoxy) is 1. The number of amides is 2. The van der Waals surface area contributed by atoms with Gasteiger partial charge >= 0.3 is 11.7 Å². The summed E-state index contributed by atoms with van der Waals surface area (Å²) in [5.41, 5.74) is 2.21. The van der Waals surface area contributed by atoms with Gasteiger partial charge in [0.1, 0.15) is 34.6 Å². The van der Waals surface area contributed by atoms with Crippen LogP contribution in [0.3, 0.4) is 0 Å². The molecule has 16 nitrogen and oxygen atoms in total. The smallest absolute Gasteiger partial charge is 0.329 e. The maximum Gasteiger partial charge on any atom is 0.329 e. The average molecular weight is 1060 g/mol. The van der Waals surface area contributed by atoms with E-state index < -0.39 is 29.2 Å². The van der Waals surface area contributed by atoms with Crippen molar-refractivity contribution in [3.05, 3.63) is 81.9 Å². The van der Waals surface area contributed by atoms with Gasteiger partial charge in [0.25, 0.3) is 0 Å². The predicted molar refractivity (Wildman–Crippen MR) is 291 cm³/mol. The van der Waals surface area contributed by atoms with E-state index >= 15 is 8.78 Å². The number of piperidine rings is 3. The summed E-state index contributed by atoms with van der Waals surface area (Å²) in [6.07, 6.45) is 13.0. The van der Waals surface area contributed by atoms with E-state index in [9.17, 15) is 24.6 Å². The third-order valence-electron chi connectivity index (χ3n) is 18.4. The first-order valence-corrected chi connectivity index (χ1v) is 28.3. The molecule has 2 aliphatic carbocycles. The minimum absolute atomic E-state index is 0.0201. The second-order valence-electron chi connectivity index (χ2n) is 23.8. The Balaban J connectivity index is 0.646. The monoisotopic (exact) mass is 1050 g/mol. The van der Waals surface area contributed by atoms with E-state index in [1.54, 1.807) is 41.4 Å². The zero-order valence-electron chi connectivity index (χ0n) is 44.7. The van der Waals surface area contributed by atoms with Crippen molar-refractivity contribution in [3.8, 4) is 23.0 Å². The fourth-order valence-corrected chi connectivity index (χ4v) is 13.8. The molecule has 6 fully saturated rings. The number of carbonyl (C=O) groups is 2. The number of phenolic OH excluding ortho intramolecular Hbond substituents is 1. The molecule has 77 heavy (non-hydrogen) atoms. The Hall–Kier alpha value is -6.08. The van der Waals surface area contributed by atoms with Crippen LogP contribution in [-0.2, 0) is 23.1 Å². The number of likely N-dealkylation sites (tertiary alicyclic amines) is 1.